The maximum Gasteiger partial charge on any atom is 0.170 e. The first-order valence-electron chi connectivity index (χ1n) is 6.02. The summed E-state index contributed by atoms with van der Waals surface area (Å²) in [7, 11) is 0. The molecule has 2 rings (SSSR count). The molecule has 0 saturated heterocycles. The lowest BCUT2D eigenvalue weighted by atomic mass is 9.97. The Hall–Kier alpha value is -2.03. The normalized spacial score (nSPS) is 10.5. The van der Waals surface area contributed by atoms with Crippen molar-refractivity contribution in [2.45, 2.75) is 20.3 Å². The van der Waals surface area contributed by atoms with Gasteiger partial charge in [0, 0.05) is 6.42 Å². The first kappa shape index (κ1) is 13.4. The zero-order valence-corrected chi connectivity index (χ0v) is 10.8. The van der Waals surface area contributed by atoms with Crippen LogP contribution in [0.5, 0.6) is 0 Å². The molecule has 0 heterocycles. The van der Waals surface area contributed by atoms with Crippen LogP contribution in [0.4, 0.5) is 8.78 Å². The molecule has 0 fully saturated rings. The number of hydrogen-bond donors (Lipinski definition) is 0. The summed E-state index contributed by atoms with van der Waals surface area (Å²) in [5.41, 5.74) is 1.68. The molecule has 3 heteroatoms. The van der Waals surface area contributed by atoms with Crippen molar-refractivity contribution in [2.75, 3.05) is 0 Å². The van der Waals surface area contributed by atoms with Crippen LogP contribution in [0.2, 0.25) is 0 Å². The first-order chi connectivity index (χ1) is 8.99. The van der Waals surface area contributed by atoms with Gasteiger partial charge in [-0.05, 0) is 42.7 Å². The lowest BCUT2D eigenvalue weighted by molar-refractivity contribution is 0.0987. The van der Waals surface area contributed by atoms with Gasteiger partial charge in [-0.1, -0.05) is 24.3 Å². The van der Waals surface area contributed by atoms with Crippen molar-refractivity contribution in [1.29, 1.82) is 0 Å². The largest absolute Gasteiger partial charge is 0.294 e. The van der Waals surface area contributed by atoms with E-state index in [0.717, 1.165) is 5.56 Å². The molecule has 0 aliphatic rings. The molecule has 0 bridgehead atoms. The topological polar surface area (TPSA) is 17.1 Å². The number of benzene rings is 2. The second-order valence-corrected chi connectivity index (χ2v) is 4.63. The average Bonchev–Trinajstić information content (AvgIpc) is 2.30. The summed E-state index contributed by atoms with van der Waals surface area (Å²) in [6.45, 7) is 3.45. The summed E-state index contributed by atoms with van der Waals surface area (Å²) in [4.78, 5) is 12.1. The van der Waals surface area contributed by atoms with E-state index in [-0.39, 0.29) is 17.5 Å². The summed E-state index contributed by atoms with van der Waals surface area (Å²) in [5, 5.41) is 0. The van der Waals surface area contributed by atoms with E-state index in [4.69, 9.17) is 0 Å². The fraction of sp³-hybridized carbons (Fsp3) is 0.188. The number of carbonyl (C=O) groups is 1. The van der Waals surface area contributed by atoms with Gasteiger partial charge in [0.1, 0.15) is 11.6 Å². The van der Waals surface area contributed by atoms with Gasteiger partial charge in [-0.2, -0.15) is 0 Å². The van der Waals surface area contributed by atoms with Crippen molar-refractivity contribution in [3.63, 3.8) is 0 Å². The molecule has 0 radical (unpaired) electrons. The van der Waals surface area contributed by atoms with Crippen molar-refractivity contribution in [3.8, 4) is 0 Å². The molecule has 2 aromatic carbocycles. The van der Waals surface area contributed by atoms with Gasteiger partial charge in [0.25, 0.3) is 0 Å². The maximum atomic E-state index is 13.9. The van der Waals surface area contributed by atoms with E-state index >= 15 is 0 Å². The number of rotatable bonds is 3. The minimum Gasteiger partial charge on any atom is -0.294 e. The Morgan fingerprint density at radius 3 is 2.37 bits per heavy atom. The number of hydrogen-bond acceptors (Lipinski definition) is 1. The van der Waals surface area contributed by atoms with Gasteiger partial charge in [0.05, 0.1) is 5.56 Å². The smallest absolute Gasteiger partial charge is 0.170 e. The highest BCUT2D eigenvalue weighted by Crippen LogP contribution is 2.19. The zero-order chi connectivity index (χ0) is 14.0. The molecule has 0 spiro atoms. The van der Waals surface area contributed by atoms with E-state index in [1.54, 1.807) is 32.0 Å². The second kappa shape index (κ2) is 5.31. The van der Waals surface area contributed by atoms with Crippen LogP contribution < -0.4 is 0 Å². The predicted molar refractivity (Wildman–Crippen MR) is 70.3 cm³/mol. The highest BCUT2D eigenvalue weighted by molar-refractivity contribution is 5.99. The van der Waals surface area contributed by atoms with E-state index in [2.05, 4.69) is 0 Å². The van der Waals surface area contributed by atoms with E-state index in [1.165, 1.54) is 18.2 Å². The van der Waals surface area contributed by atoms with Crippen LogP contribution in [0.15, 0.2) is 36.4 Å². The molecule has 98 valence electrons. The average molecular weight is 260 g/mol. The van der Waals surface area contributed by atoms with Gasteiger partial charge in [0.15, 0.2) is 5.78 Å². The molecule has 0 N–H and O–H groups in total. The molecule has 0 aliphatic carbocycles. The SMILES string of the molecule is Cc1cc(C)c(C(=O)Cc2ccccc2F)c(F)c1. The number of aryl methyl sites for hydroxylation is 2. The van der Waals surface area contributed by atoms with Gasteiger partial charge in [-0.3, -0.25) is 4.79 Å². The van der Waals surface area contributed by atoms with Crippen LogP contribution in [-0.4, -0.2) is 5.78 Å². The number of halogens is 2. The number of ketones is 1. The fourth-order valence-corrected chi connectivity index (χ4v) is 2.17. The van der Waals surface area contributed by atoms with Crippen LogP contribution in [-0.2, 0) is 6.42 Å². The number of carbonyl (C=O) groups excluding carboxylic acids is 1. The minimum absolute atomic E-state index is 0.0499. The van der Waals surface area contributed by atoms with Crippen LogP contribution in [0.3, 0.4) is 0 Å². The maximum absolute atomic E-state index is 13.9. The third-order valence-corrected chi connectivity index (χ3v) is 3.02. The summed E-state index contributed by atoms with van der Waals surface area (Å²) in [6.07, 6.45) is -0.131. The van der Waals surface area contributed by atoms with Crippen molar-refractivity contribution in [2.24, 2.45) is 0 Å². The van der Waals surface area contributed by atoms with E-state index in [9.17, 15) is 13.6 Å². The van der Waals surface area contributed by atoms with E-state index in [1.807, 2.05) is 0 Å². The summed E-state index contributed by atoms with van der Waals surface area (Å²) in [6, 6.07) is 9.11. The van der Waals surface area contributed by atoms with Gasteiger partial charge in [-0.15, -0.1) is 0 Å². The van der Waals surface area contributed by atoms with E-state index in [0.29, 0.717) is 5.56 Å². The molecule has 0 unspecified atom stereocenters. The zero-order valence-electron chi connectivity index (χ0n) is 10.8. The molecule has 0 aromatic heterocycles. The van der Waals surface area contributed by atoms with Gasteiger partial charge < -0.3 is 0 Å². The predicted octanol–water partition coefficient (Wildman–Crippen LogP) is 4.01. The Morgan fingerprint density at radius 1 is 1.05 bits per heavy atom. The lowest BCUT2D eigenvalue weighted by Gasteiger charge is -2.08. The molecule has 0 saturated carbocycles. The lowest BCUT2D eigenvalue weighted by Crippen LogP contribution is -2.10. The van der Waals surface area contributed by atoms with Crippen LogP contribution in [0, 0.1) is 25.5 Å². The Kier molecular flexibility index (Phi) is 3.74. The molecule has 0 aliphatic heterocycles. The minimum atomic E-state index is -0.543. The molecular weight excluding hydrogens is 246 g/mol. The molecule has 1 nitrogen and oxygen atoms in total. The quantitative estimate of drug-likeness (QED) is 0.762. The highest BCUT2D eigenvalue weighted by atomic mass is 19.1. The standard InChI is InChI=1S/C16H14F2O/c1-10-7-11(2)16(14(18)8-10)15(19)9-12-5-3-4-6-13(12)17/h3-8H,9H2,1-2H3. The van der Waals surface area contributed by atoms with E-state index < -0.39 is 17.4 Å². The van der Waals surface area contributed by atoms with Crippen LogP contribution in [0.25, 0.3) is 0 Å². The van der Waals surface area contributed by atoms with Crippen LogP contribution in [0.1, 0.15) is 27.0 Å². The Balaban J connectivity index is 2.34. The first-order valence-corrected chi connectivity index (χ1v) is 6.02. The number of Topliss-reactive ketones (excluding diaryl/α,β-unsaturated/α-hetero) is 1. The van der Waals surface area contributed by atoms with Gasteiger partial charge in [0.2, 0.25) is 0 Å². The van der Waals surface area contributed by atoms with Crippen molar-refractivity contribution in [1.82, 2.24) is 0 Å². The third-order valence-electron chi connectivity index (χ3n) is 3.02. The highest BCUT2D eigenvalue weighted by Gasteiger charge is 2.17. The second-order valence-electron chi connectivity index (χ2n) is 4.63. The van der Waals surface area contributed by atoms with Crippen molar-refractivity contribution in [3.05, 3.63) is 70.3 Å². The molecule has 2 aromatic rings. The molecule has 0 atom stereocenters. The summed E-state index contributed by atoms with van der Waals surface area (Å²) < 4.78 is 27.3. The molecule has 19 heavy (non-hydrogen) atoms. The summed E-state index contributed by atoms with van der Waals surface area (Å²) in [5.74, 6) is -1.39. The third kappa shape index (κ3) is 2.87. The van der Waals surface area contributed by atoms with Crippen molar-refractivity contribution >= 4 is 5.78 Å². The molecule has 0 amide bonds. The Morgan fingerprint density at radius 2 is 1.74 bits per heavy atom. The summed E-state index contributed by atoms with van der Waals surface area (Å²) >= 11 is 0. The van der Waals surface area contributed by atoms with Gasteiger partial charge >= 0.3 is 0 Å². The van der Waals surface area contributed by atoms with Gasteiger partial charge in [-0.25, -0.2) is 8.78 Å². The Bertz CT molecular complexity index is 609. The Labute approximate surface area is 110 Å². The van der Waals surface area contributed by atoms with Crippen molar-refractivity contribution < 1.29 is 13.6 Å². The molecular formula is C16H14F2O. The van der Waals surface area contributed by atoms with Crippen LogP contribution >= 0.6 is 0 Å². The fourth-order valence-electron chi connectivity index (χ4n) is 2.17. The monoisotopic (exact) mass is 260 g/mol.